The van der Waals surface area contributed by atoms with Crippen LogP contribution in [-0.4, -0.2) is 19.1 Å². The summed E-state index contributed by atoms with van der Waals surface area (Å²) in [5.41, 5.74) is 7.64. The minimum atomic E-state index is -0.173. The molecule has 0 bridgehead atoms. The molecule has 0 heterocycles. The number of nitrogens with one attached hydrogen (secondary N) is 1. The summed E-state index contributed by atoms with van der Waals surface area (Å²) in [7, 11) is 0. The summed E-state index contributed by atoms with van der Waals surface area (Å²) in [5, 5.41) is 2.64. The SMILES string of the molecule is C=CCNC(=O)COc1ccc(C)cc1CN. The number of benzene rings is 1. The van der Waals surface area contributed by atoms with Crippen molar-refractivity contribution in [3.05, 3.63) is 42.0 Å². The van der Waals surface area contributed by atoms with Gasteiger partial charge in [0.15, 0.2) is 6.61 Å². The summed E-state index contributed by atoms with van der Waals surface area (Å²) < 4.78 is 5.42. The van der Waals surface area contributed by atoms with E-state index in [1.165, 1.54) is 0 Å². The maximum Gasteiger partial charge on any atom is 0.258 e. The topological polar surface area (TPSA) is 64.3 Å². The second-order valence-corrected chi connectivity index (χ2v) is 3.70. The molecule has 0 aromatic heterocycles. The van der Waals surface area contributed by atoms with E-state index in [1.54, 1.807) is 6.08 Å². The van der Waals surface area contributed by atoms with Crippen molar-refractivity contribution in [3.63, 3.8) is 0 Å². The van der Waals surface area contributed by atoms with Gasteiger partial charge in [-0.2, -0.15) is 0 Å². The highest BCUT2D eigenvalue weighted by atomic mass is 16.5. The van der Waals surface area contributed by atoms with Crippen molar-refractivity contribution in [2.45, 2.75) is 13.5 Å². The van der Waals surface area contributed by atoms with Crippen molar-refractivity contribution in [3.8, 4) is 5.75 Å². The third-order valence-corrected chi connectivity index (χ3v) is 2.24. The van der Waals surface area contributed by atoms with Crippen molar-refractivity contribution in [1.29, 1.82) is 0 Å². The van der Waals surface area contributed by atoms with Crippen LogP contribution in [0.3, 0.4) is 0 Å². The summed E-state index contributed by atoms with van der Waals surface area (Å²) in [6.45, 7) is 6.33. The molecule has 0 aliphatic carbocycles. The fraction of sp³-hybridized carbons (Fsp3) is 0.308. The lowest BCUT2D eigenvalue weighted by Crippen LogP contribution is -2.29. The smallest absolute Gasteiger partial charge is 0.258 e. The number of hydrogen-bond acceptors (Lipinski definition) is 3. The van der Waals surface area contributed by atoms with Crippen molar-refractivity contribution in [2.75, 3.05) is 13.2 Å². The Labute approximate surface area is 101 Å². The molecule has 1 rings (SSSR count). The first kappa shape index (κ1) is 13.3. The molecule has 0 saturated heterocycles. The van der Waals surface area contributed by atoms with E-state index in [9.17, 15) is 4.79 Å². The molecule has 3 N–H and O–H groups in total. The second kappa shape index (κ2) is 6.70. The van der Waals surface area contributed by atoms with E-state index in [-0.39, 0.29) is 12.5 Å². The van der Waals surface area contributed by atoms with E-state index in [0.717, 1.165) is 11.1 Å². The fourth-order valence-corrected chi connectivity index (χ4v) is 1.39. The molecule has 0 fully saturated rings. The third kappa shape index (κ3) is 4.28. The highest BCUT2D eigenvalue weighted by Crippen LogP contribution is 2.19. The Balaban J connectivity index is 2.56. The standard InChI is InChI=1S/C13H18N2O2/c1-3-6-15-13(16)9-17-12-5-4-10(2)7-11(12)8-14/h3-5,7H,1,6,8-9,14H2,2H3,(H,15,16). The molecule has 0 unspecified atom stereocenters. The Morgan fingerprint density at radius 2 is 2.35 bits per heavy atom. The van der Waals surface area contributed by atoms with Crippen LogP contribution in [0.4, 0.5) is 0 Å². The molecule has 17 heavy (non-hydrogen) atoms. The van der Waals surface area contributed by atoms with Crippen LogP contribution in [0.5, 0.6) is 5.75 Å². The molecule has 0 radical (unpaired) electrons. The van der Waals surface area contributed by atoms with E-state index in [2.05, 4.69) is 11.9 Å². The number of ether oxygens (including phenoxy) is 1. The van der Waals surface area contributed by atoms with E-state index < -0.39 is 0 Å². The Bertz CT molecular complexity index is 402. The molecule has 0 saturated carbocycles. The lowest BCUT2D eigenvalue weighted by molar-refractivity contribution is -0.122. The van der Waals surface area contributed by atoms with E-state index in [1.807, 2.05) is 25.1 Å². The first-order valence-corrected chi connectivity index (χ1v) is 5.47. The minimum Gasteiger partial charge on any atom is -0.483 e. The zero-order valence-electron chi connectivity index (χ0n) is 10.0. The highest BCUT2D eigenvalue weighted by Gasteiger charge is 2.05. The van der Waals surface area contributed by atoms with Gasteiger partial charge in [-0.1, -0.05) is 23.8 Å². The number of carbonyl (C=O) groups is 1. The molecule has 0 spiro atoms. The monoisotopic (exact) mass is 234 g/mol. The zero-order valence-corrected chi connectivity index (χ0v) is 10.0. The van der Waals surface area contributed by atoms with Crippen LogP contribution in [-0.2, 0) is 11.3 Å². The number of amides is 1. The lowest BCUT2D eigenvalue weighted by Gasteiger charge is -2.10. The number of rotatable bonds is 6. The molecule has 0 aliphatic heterocycles. The van der Waals surface area contributed by atoms with Crippen molar-refractivity contribution < 1.29 is 9.53 Å². The van der Waals surface area contributed by atoms with Crippen molar-refractivity contribution >= 4 is 5.91 Å². The van der Waals surface area contributed by atoms with E-state index in [0.29, 0.717) is 18.8 Å². The van der Waals surface area contributed by atoms with Gasteiger partial charge in [0.25, 0.3) is 5.91 Å². The maximum atomic E-state index is 11.3. The number of carbonyl (C=O) groups excluding carboxylic acids is 1. The molecular formula is C13H18N2O2. The van der Waals surface area contributed by atoms with Gasteiger partial charge in [0, 0.05) is 18.7 Å². The van der Waals surface area contributed by atoms with Gasteiger partial charge < -0.3 is 15.8 Å². The number of aryl methyl sites for hydroxylation is 1. The Kier molecular flexibility index (Phi) is 5.23. The normalized spacial score (nSPS) is 9.76. The molecule has 4 nitrogen and oxygen atoms in total. The van der Waals surface area contributed by atoms with Gasteiger partial charge in [-0.05, 0) is 13.0 Å². The fourth-order valence-electron chi connectivity index (χ4n) is 1.39. The average molecular weight is 234 g/mol. The molecule has 0 atom stereocenters. The first-order valence-electron chi connectivity index (χ1n) is 5.47. The first-order chi connectivity index (χ1) is 8.17. The quantitative estimate of drug-likeness (QED) is 0.725. The van der Waals surface area contributed by atoms with Crippen LogP contribution in [0.2, 0.25) is 0 Å². The summed E-state index contributed by atoms with van der Waals surface area (Å²) in [6.07, 6.45) is 1.62. The van der Waals surface area contributed by atoms with Gasteiger partial charge in [0.05, 0.1) is 0 Å². The molecule has 1 aromatic rings. The zero-order chi connectivity index (χ0) is 12.7. The highest BCUT2D eigenvalue weighted by molar-refractivity contribution is 5.77. The van der Waals surface area contributed by atoms with Crippen LogP contribution in [0.15, 0.2) is 30.9 Å². The predicted molar refractivity (Wildman–Crippen MR) is 67.8 cm³/mol. The van der Waals surface area contributed by atoms with Crippen LogP contribution in [0.1, 0.15) is 11.1 Å². The summed E-state index contributed by atoms with van der Waals surface area (Å²) in [4.78, 5) is 11.3. The van der Waals surface area contributed by atoms with Crippen LogP contribution < -0.4 is 15.8 Å². The van der Waals surface area contributed by atoms with Gasteiger partial charge in [-0.3, -0.25) is 4.79 Å². The van der Waals surface area contributed by atoms with Crippen LogP contribution in [0, 0.1) is 6.92 Å². The second-order valence-electron chi connectivity index (χ2n) is 3.70. The number of hydrogen-bond donors (Lipinski definition) is 2. The van der Waals surface area contributed by atoms with Gasteiger partial charge in [0.1, 0.15) is 5.75 Å². The van der Waals surface area contributed by atoms with Gasteiger partial charge in [0.2, 0.25) is 0 Å². The maximum absolute atomic E-state index is 11.3. The Morgan fingerprint density at radius 3 is 3.00 bits per heavy atom. The molecule has 1 amide bonds. The predicted octanol–water partition coefficient (Wildman–Crippen LogP) is 1.13. The van der Waals surface area contributed by atoms with E-state index in [4.69, 9.17) is 10.5 Å². The van der Waals surface area contributed by atoms with Crippen molar-refractivity contribution in [2.24, 2.45) is 5.73 Å². The van der Waals surface area contributed by atoms with Gasteiger partial charge in [-0.15, -0.1) is 6.58 Å². The minimum absolute atomic E-state index is 0.0100. The van der Waals surface area contributed by atoms with Crippen molar-refractivity contribution in [1.82, 2.24) is 5.32 Å². The Morgan fingerprint density at radius 1 is 1.59 bits per heavy atom. The molecule has 1 aromatic carbocycles. The molecule has 92 valence electrons. The van der Waals surface area contributed by atoms with Crippen LogP contribution >= 0.6 is 0 Å². The molecule has 0 aliphatic rings. The Hall–Kier alpha value is -1.81. The summed E-state index contributed by atoms with van der Waals surface area (Å²) >= 11 is 0. The summed E-state index contributed by atoms with van der Waals surface area (Å²) in [6, 6.07) is 5.71. The molecule has 4 heteroatoms. The van der Waals surface area contributed by atoms with Gasteiger partial charge in [-0.25, -0.2) is 0 Å². The third-order valence-electron chi connectivity index (χ3n) is 2.24. The largest absolute Gasteiger partial charge is 0.483 e. The van der Waals surface area contributed by atoms with E-state index >= 15 is 0 Å². The van der Waals surface area contributed by atoms with Crippen LogP contribution in [0.25, 0.3) is 0 Å². The summed E-state index contributed by atoms with van der Waals surface area (Å²) in [5.74, 6) is 0.486. The lowest BCUT2D eigenvalue weighted by atomic mass is 10.1. The van der Waals surface area contributed by atoms with Gasteiger partial charge >= 0.3 is 0 Å². The molecular weight excluding hydrogens is 216 g/mol. The average Bonchev–Trinajstić information content (AvgIpc) is 2.34. The number of nitrogens with two attached hydrogens (primary N) is 1.